The van der Waals surface area contributed by atoms with E-state index in [0.29, 0.717) is 0 Å². The van der Waals surface area contributed by atoms with Crippen LogP contribution in [0.3, 0.4) is 0 Å². The third-order valence-corrected chi connectivity index (χ3v) is 5.88. The van der Waals surface area contributed by atoms with Gasteiger partial charge < -0.3 is 5.73 Å². The number of anilines is 1. The molecule has 0 spiro atoms. The van der Waals surface area contributed by atoms with Crippen LogP contribution in [0.15, 0.2) is 90.5 Å². The zero-order valence-corrected chi connectivity index (χ0v) is 18.2. The molecule has 0 saturated carbocycles. The van der Waals surface area contributed by atoms with Crippen molar-refractivity contribution in [3.8, 4) is 0 Å². The van der Waals surface area contributed by atoms with Gasteiger partial charge in [0.25, 0.3) is 0 Å². The van der Waals surface area contributed by atoms with Crippen LogP contribution in [0.5, 0.6) is 0 Å². The molecular weight excluding hydrogens is 350 g/mol. The molecule has 0 radical (unpaired) electrons. The largest absolute Gasteiger partial charge is 0.399 e. The van der Waals surface area contributed by atoms with Crippen molar-refractivity contribution >= 4 is 5.69 Å². The monoisotopic (exact) mass is 381 g/mol. The summed E-state index contributed by atoms with van der Waals surface area (Å²) in [6.07, 6.45) is 6.42. The van der Waals surface area contributed by atoms with E-state index in [1.165, 1.54) is 33.4 Å². The van der Waals surface area contributed by atoms with Gasteiger partial charge in [-0.25, -0.2) is 0 Å². The molecule has 3 rings (SSSR count). The van der Waals surface area contributed by atoms with Crippen LogP contribution in [0.2, 0.25) is 0 Å². The summed E-state index contributed by atoms with van der Waals surface area (Å²) in [7, 11) is 0. The van der Waals surface area contributed by atoms with Gasteiger partial charge in [-0.1, -0.05) is 90.0 Å². The Kier molecular flexibility index (Phi) is 6.08. The summed E-state index contributed by atoms with van der Waals surface area (Å²) in [4.78, 5) is 0. The molecule has 1 unspecified atom stereocenters. The Hall–Kier alpha value is -3.06. The van der Waals surface area contributed by atoms with Crippen LogP contribution >= 0.6 is 0 Å². The molecule has 0 aromatic heterocycles. The molecule has 1 heteroatoms. The SMILES string of the molecule is C/C=C\C=C(/C)C(c1ccc(C)cc1)(c1ccc(C)c(N)c1)c1ccccc1C. The molecule has 0 fully saturated rings. The van der Waals surface area contributed by atoms with Crippen molar-refractivity contribution in [1.82, 2.24) is 0 Å². The quantitative estimate of drug-likeness (QED) is 0.286. The maximum atomic E-state index is 6.40. The van der Waals surface area contributed by atoms with E-state index in [1.807, 2.05) is 0 Å². The smallest absolute Gasteiger partial charge is 0.0665 e. The molecule has 148 valence electrons. The Balaban J connectivity index is 2.49. The van der Waals surface area contributed by atoms with Crippen molar-refractivity contribution in [2.24, 2.45) is 0 Å². The lowest BCUT2D eigenvalue weighted by atomic mass is 9.63. The normalized spacial score (nSPS) is 14.2. The zero-order valence-electron chi connectivity index (χ0n) is 18.2. The lowest BCUT2D eigenvalue weighted by Crippen LogP contribution is -2.32. The number of hydrogen-bond acceptors (Lipinski definition) is 1. The molecule has 0 bridgehead atoms. The highest BCUT2D eigenvalue weighted by Gasteiger charge is 2.39. The molecule has 3 aromatic rings. The highest BCUT2D eigenvalue weighted by molar-refractivity contribution is 5.63. The Labute approximate surface area is 175 Å². The average Bonchev–Trinajstić information content (AvgIpc) is 2.72. The van der Waals surface area contributed by atoms with Gasteiger partial charge >= 0.3 is 0 Å². The molecule has 0 heterocycles. The van der Waals surface area contributed by atoms with Gasteiger partial charge in [-0.3, -0.25) is 0 Å². The van der Waals surface area contributed by atoms with Crippen molar-refractivity contribution in [3.63, 3.8) is 0 Å². The molecule has 2 N–H and O–H groups in total. The number of hydrogen-bond donors (Lipinski definition) is 1. The van der Waals surface area contributed by atoms with Gasteiger partial charge in [-0.05, 0) is 68.5 Å². The van der Waals surface area contributed by atoms with Gasteiger partial charge in [0.2, 0.25) is 0 Å². The summed E-state index contributed by atoms with van der Waals surface area (Å²) in [5.74, 6) is 0. The first kappa shape index (κ1) is 20.7. The van der Waals surface area contributed by atoms with Gasteiger partial charge in [0.1, 0.15) is 0 Å². The molecule has 1 nitrogen and oxygen atoms in total. The van der Waals surface area contributed by atoms with Crippen molar-refractivity contribution in [2.75, 3.05) is 5.73 Å². The van der Waals surface area contributed by atoms with E-state index >= 15 is 0 Å². The number of rotatable bonds is 5. The van der Waals surface area contributed by atoms with E-state index in [2.05, 4.69) is 120 Å². The Morgan fingerprint density at radius 2 is 1.48 bits per heavy atom. The summed E-state index contributed by atoms with van der Waals surface area (Å²) < 4.78 is 0. The second-order valence-electron chi connectivity index (χ2n) is 7.88. The van der Waals surface area contributed by atoms with E-state index < -0.39 is 5.41 Å². The third kappa shape index (κ3) is 3.78. The standard InChI is InChI=1S/C28H31N/c1-6-7-11-23(5)28(24-16-13-20(2)14-17-24,26-12-9-8-10-21(26)3)25-18-15-22(4)27(29)19-25/h6-19H,29H2,1-5H3/b7-6-,23-11+. The van der Waals surface area contributed by atoms with Crippen LogP contribution in [0.25, 0.3) is 0 Å². The van der Waals surface area contributed by atoms with Crippen molar-refractivity contribution < 1.29 is 0 Å². The molecule has 1 atom stereocenters. The number of nitrogen functional groups attached to an aromatic ring is 1. The summed E-state index contributed by atoms with van der Waals surface area (Å²) in [5, 5.41) is 0. The lowest BCUT2D eigenvalue weighted by molar-refractivity contribution is 0.718. The fourth-order valence-corrected chi connectivity index (χ4v) is 4.18. The molecule has 29 heavy (non-hydrogen) atoms. The van der Waals surface area contributed by atoms with Crippen molar-refractivity contribution in [3.05, 3.63) is 124 Å². The van der Waals surface area contributed by atoms with Crippen molar-refractivity contribution in [2.45, 2.75) is 40.0 Å². The van der Waals surface area contributed by atoms with Crippen LogP contribution in [0.4, 0.5) is 5.69 Å². The summed E-state index contributed by atoms with van der Waals surface area (Å²) in [5.41, 5.74) is 15.4. The van der Waals surface area contributed by atoms with Gasteiger partial charge in [-0.2, -0.15) is 0 Å². The topological polar surface area (TPSA) is 26.0 Å². The van der Waals surface area contributed by atoms with E-state index in [1.54, 1.807) is 0 Å². The second kappa shape index (κ2) is 8.53. The van der Waals surface area contributed by atoms with Gasteiger partial charge in [0.15, 0.2) is 0 Å². The molecule has 0 aliphatic rings. The lowest BCUT2D eigenvalue weighted by Gasteiger charge is -2.38. The van der Waals surface area contributed by atoms with Crippen LogP contribution in [-0.2, 0) is 5.41 Å². The number of nitrogens with two attached hydrogens (primary N) is 1. The van der Waals surface area contributed by atoms with Crippen molar-refractivity contribution in [1.29, 1.82) is 0 Å². The number of benzene rings is 3. The maximum absolute atomic E-state index is 6.40. The average molecular weight is 382 g/mol. The summed E-state index contributed by atoms with van der Waals surface area (Å²) in [6.45, 7) is 10.7. The van der Waals surface area contributed by atoms with E-state index in [-0.39, 0.29) is 0 Å². The number of allylic oxidation sites excluding steroid dienone is 4. The Morgan fingerprint density at radius 1 is 0.828 bits per heavy atom. The zero-order chi connectivity index (χ0) is 21.0. The van der Waals surface area contributed by atoms with Crippen LogP contribution in [0.1, 0.15) is 47.2 Å². The Morgan fingerprint density at radius 3 is 2.10 bits per heavy atom. The fourth-order valence-electron chi connectivity index (χ4n) is 4.18. The summed E-state index contributed by atoms with van der Waals surface area (Å²) >= 11 is 0. The minimum absolute atomic E-state index is 0.416. The molecule has 0 saturated heterocycles. The molecule has 0 aliphatic carbocycles. The minimum atomic E-state index is -0.416. The molecule has 0 aliphatic heterocycles. The van der Waals surface area contributed by atoms with Gasteiger partial charge in [0, 0.05) is 5.69 Å². The molecule has 3 aromatic carbocycles. The van der Waals surface area contributed by atoms with Gasteiger partial charge in [0.05, 0.1) is 5.41 Å². The fraction of sp³-hybridized carbons (Fsp3) is 0.214. The third-order valence-electron chi connectivity index (χ3n) is 5.88. The summed E-state index contributed by atoms with van der Waals surface area (Å²) in [6, 6.07) is 24.1. The maximum Gasteiger partial charge on any atom is 0.0665 e. The minimum Gasteiger partial charge on any atom is -0.399 e. The number of aryl methyl sites for hydroxylation is 3. The van der Waals surface area contributed by atoms with E-state index in [0.717, 1.165) is 11.3 Å². The highest BCUT2D eigenvalue weighted by Crippen LogP contribution is 2.47. The first-order valence-electron chi connectivity index (χ1n) is 10.2. The highest BCUT2D eigenvalue weighted by atomic mass is 14.6. The second-order valence-corrected chi connectivity index (χ2v) is 7.88. The van der Waals surface area contributed by atoms with Gasteiger partial charge in [-0.15, -0.1) is 0 Å². The molecule has 0 amide bonds. The van der Waals surface area contributed by atoms with Crippen LogP contribution < -0.4 is 5.73 Å². The first-order valence-corrected chi connectivity index (χ1v) is 10.2. The van der Waals surface area contributed by atoms with E-state index in [9.17, 15) is 0 Å². The first-order chi connectivity index (χ1) is 13.9. The molecular formula is C28H31N. The van der Waals surface area contributed by atoms with E-state index in [4.69, 9.17) is 5.73 Å². The Bertz CT molecular complexity index is 1050. The predicted molar refractivity (Wildman–Crippen MR) is 126 cm³/mol. The predicted octanol–water partition coefficient (Wildman–Crippen LogP) is 7.05. The van der Waals surface area contributed by atoms with Crippen LogP contribution in [0, 0.1) is 20.8 Å². The van der Waals surface area contributed by atoms with Crippen LogP contribution in [-0.4, -0.2) is 0 Å².